The van der Waals surface area contributed by atoms with Crippen molar-refractivity contribution in [2.45, 2.75) is 0 Å². The number of fused-ring (bicyclic) bond motifs is 1. The van der Waals surface area contributed by atoms with E-state index in [9.17, 15) is 0 Å². The molecule has 4 rings (SSSR count). The molecule has 0 saturated carbocycles. The maximum Gasteiger partial charge on any atom is 0.133 e. The van der Waals surface area contributed by atoms with Crippen LogP contribution < -0.4 is 0 Å². The van der Waals surface area contributed by atoms with Gasteiger partial charge >= 0.3 is 0 Å². The van der Waals surface area contributed by atoms with Crippen LogP contribution in [-0.4, -0.2) is 0 Å². The Bertz CT molecular complexity index is 947. The van der Waals surface area contributed by atoms with E-state index in [4.69, 9.17) is 4.42 Å². The Morgan fingerprint density at radius 1 is 0.696 bits per heavy atom. The Kier molecular flexibility index (Phi) is 3.53. The summed E-state index contributed by atoms with van der Waals surface area (Å²) in [5.74, 6) is 0. The van der Waals surface area contributed by atoms with Crippen LogP contribution in [0.4, 0.5) is 0 Å². The van der Waals surface area contributed by atoms with E-state index < -0.39 is 0 Å². The number of benzene rings is 3. The molecule has 110 valence electrons. The fourth-order valence-electron chi connectivity index (χ4n) is 2.80. The van der Waals surface area contributed by atoms with Gasteiger partial charge in [0.25, 0.3) is 0 Å². The number of rotatable bonds is 3. The Morgan fingerprint density at radius 2 is 1.43 bits per heavy atom. The highest BCUT2D eigenvalue weighted by atomic mass is 16.3. The number of furan rings is 1. The zero-order chi connectivity index (χ0) is 15.5. The van der Waals surface area contributed by atoms with Crippen molar-refractivity contribution in [2.24, 2.45) is 0 Å². The summed E-state index contributed by atoms with van der Waals surface area (Å²) in [5.41, 5.74) is 5.72. The molecule has 0 radical (unpaired) electrons. The fraction of sp³-hybridized carbons (Fsp3) is 0. The molecule has 0 aliphatic rings. The molecule has 0 saturated heterocycles. The van der Waals surface area contributed by atoms with Gasteiger partial charge in [-0.05, 0) is 46.5 Å². The van der Waals surface area contributed by atoms with Gasteiger partial charge in [0, 0.05) is 5.39 Å². The van der Waals surface area contributed by atoms with Crippen molar-refractivity contribution in [2.75, 3.05) is 0 Å². The van der Waals surface area contributed by atoms with Gasteiger partial charge in [-0.1, -0.05) is 66.7 Å². The monoisotopic (exact) mass is 296 g/mol. The molecule has 0 atom stereocenters. The lowest BCUT2D eigenvalue weighted by molar-refractivity contribution is 0.616. The van der Waals surface area contributed by atoms with Crippen LogP contribution in [0.3, 0.4) is 0 Å². The normalized spacial score (nSPS) is 11.7. The lowest BCUT2D eigenvalue weighted by Gasteiger charge is -2.09. The van der Waals surface area contributed by atoms with E-state index in [1.165, 1.54) is 22.3 Å². The van der Waals surface area contributed by atoms with Crippen molar-refractivity contribution in [1.82, 2.24) is 0 Å². The Hall–Kier alpha value is -3.06. The molecule has 1 heterocycles. The van der Waals surface area contributed by atoms with Gasteiger partial charge in [0.2, 0.25) is 0 Å². The van der Waals surface area contributed by atoms with Crippen LogP contribution in [0.15, 0.2) is 95.6 Å². The van der Waals surface area contributed by atoms with Crippen LogP contribution in [0.2, 0.25) is 0 Å². The standard InChI is InChI=1S/C22H16O/c1-3-7-17(8-4-1)15-21(18-9-5-2-6-10-18)19-11-12-22-20(16-19)13-14-23-22/h1-16H/b21-15-. The zero-order valence-corrected chi connectivity index (χ0v) is 12.6. The Labute approximate surface area is 135 Å². The molecule has 0 amide bonds. The van der Waals surface area contributed by atoms with Crippen LogP contribution >= 0.6 is 0 Å². The molecule has 0 aliphatic heterocycles. The Balaban J connectivity index is 1.89. The average Bonchev–Trinajstić information content (AvgIpc) is 3.09. The van der Waals surface area contributed by atoms with Crippen LogP contribution in [0.1, 0.15) is 16.7 Å². The van der Waals surface area contributed by atoms with Crippen LogP contribution in [0, 0.1) is 0 Å². The first-order chi connectivity index (χ1) is 11.4. The molecule has 0 aliphatic carbocycles. The largest absolute Gasteiger partial charge is 0.464 e. The smallest absolute Gasteiger partial charge is 0.133 e. The first-order valence-corrected chi connectivity index (χ1v) is 7.70. The van der Waals surface area contributed by atoms with Gasteiger partial charge in [-0.2, -0.15) is 0 Å². The molecular weight excluding hydrogens is 280 g/mol. The third-order valence-corrected chi connectivity index (χ3v) is 3.96. The topological polar surface area (TPSA) is 13.1 Å². The van der Waals surface area contributed by atoms with Gasteiger partial charge in [-0.3, -0.25) is 0 Å². The molecule has 0 unspecified atom stereocenters. The highest BCUT2D eigenvalue weighted by Crippen LogP contribution is 2.29. The predicted molar refractivity (Wildman–Crippen MR) is 96.1 cm³/mol. The molecule has 0 fully saturated rings. The van der Waals surface area contributed by atoms with E-state index in [1.54, 1.807) is 6.26 Å². The van der Waals surface area contributed by atoms with E-state index >= 15 is 0 Å². The summed E-state index contributed by atoms with van der Waals surface area (Å²) in [4.78, 5) is 0. The minimum absolute atomic E-state index is 0.917. The van der Waals surface area contributed by atoms with E-state index in [0.717, 1.165) is 11.0 Å². The van der Waals surface area contributed by atoms with Crippen LogP contribution in [0.25, 0.3) is 22.6 Å². The van der Waals surface area contributed by atoms with E-state index in [-0.39, 0.29) is 0 Å². The molecule has 4 aromatic rings. The molecule has 23 heavy (non-hydrogen) atoms. The van der Waals surface area contributed by atoms with Gasteiger partial charge in [-0.15, -0.1) is 0 Å². The first-order valence-electron chi connectivity index (χ1n) is 7.70. The number of hydrogen-bond donors (Lipinski definition) is 0. The van der Waals surface area contributed by atoms with Crippen molar-refractivity contribution >= 4 is 22.6 Å². The molecule has 0 spiro atoms. The summed E-state index contributed by atoms with van der Waals surface area (Å²) in [7, 11) is 0. The van der Waals surface area contributed by atoms with Gasteiger partial charge in [0.1, 0.15) is 5.58 Å². The third kappa shape index (κ3) is 2.82. The lowest BCUT2D eigenvalue weighted by Crippen LogP contribution is -1.88. The molecular formula is C22H16O. The quantitative estimate of drug-likeness (QED) is 0.421. The van der Waals surface area contributed by atoms with Crippen LogP contribution in [0.5, 0.6) is 0 Å². The summed E-state index contributed by atoms with van der Waals surface area (Å²) < 4.78 is 5.46. The minimum Gasteiger partial charge on any atom is -0.464 e. The fourth-order valence-corrected chi connectivity index (χ4v) is 2.80. The van der Waals surface area contributed by atoms with Crippen molar-refractivity contribution in [3.8, 4) is 0 Å². The molecule has 1 nitrogen and oxygen atoms in total. The van der Waals surface area contributed by atoms with Crippen LogP contribution in [-0.2, 0) is 0 Å². The second-order valence-corrected chi connectivity index (χ2v) is 5.51. The maximum absolute atomic E-state index is 5.46. The van der Waals surface area contributed by atoms with Crippen molar-refractivity contribution in [3.63, 3.8) is 0 Å². The van der Waals surface area contributed by atoms with E-state index in [2.05, 4.69) is 66.7 Å². The Morgan fingerprint density at radius 3 is 2.22 bits per heavy atom. The van der Waals surface area contributed by atoms with Crippen molar-refractivity contribution in [3.05, 3.63) is 108 Å². The molecule has 3 aromatic carbocycles. The minimum atomic E-state index is 0.917. The molecule has 0 N–H and O–H groups in total. The average molecular weight is 296 g/mol. The lowest BCUT2D eigenvalue weighted by atomic mass is 9.95. The van der Waals surface area contributed by atoms with Gasteiger partial charge in [0.05, 0.1) is 6.26 Å². The summed E-state index contributed by atoms with van der Waals surface area (Å²) in [6, 6.07) is 29.2. The van der Waals surface area contributed by atoms with Gasteiger partial charge in [0.15, 0.2) is 0 Å². The highest BCUT2D eigenvalue weighted by Gasteiger charge is 2.07. The second-order valence-electron chi connectivity index (χ2n) is 5.51. The zero-order valence-electron chi connectivity index (χ0n) is 12.6. The van der Waals surface area contributed by atoms with E-state index in [1.807, 2.05) is 24.3 Å². The summed E-state index contributed by atoms with van der Waals surface area (Å²) in [6.45, 7) is 0. The highest BCUT2D eigenvalue weighted by molar-refractivity contribution is 5.94. The van der Waals surface area contributed by atoms with Gasteiger partial charge in [-0.25, -0.2) is 0 Å². The predicted octanol–water partition coefficient (Wildman–Crippen LogP) is 6.02. The second kappa shape index (κ2) is 5.98. The molecule has 1 heteroatoms. The summed E-state index contributed by atoms with van der Waals surface area (Å²) in [5, 5.41) is 1.12. The molecule has 0 bridgehead atoms. The maximum atomic E-state index is 5.46. The van der Waals surface area contributed by atoms with Crippen molar-refractivity contribution < 1.29 is 4.42 Å². The third-order valence-electron chi connectivity index (χ3n) is 3.96. The van der Waals surface area contributed by atoms with Crippen molar-refractivity contribution in [1.29, 1.82) is 0 Å². The first kappa shape index (κ1) is 13.6. The van der Waals surface area contributed by atoms with Gasteiger partial charge < -0.3 is 4.42 Å². The summed E-state index contributed by atoms with van der Waals surface area (Å²) in [6.07, 6.45) is 3.97. The summed E-state index contributed by atoms with van der Waals surface area (Å²) >= 11 is 0. The number of hydrogen-bond acceptors (Lipinski definition) is 1. The molecule has 1 aromatic heterocycles. The SMILES string of the molecule is C(=C(\c1ccccc1)c1ccc2occc2c1)/c1ccccc1. The van der Waals surface area contributed by atoms with E-state index in [0.29, 0.717) is 0 Å².